The van der Waals surface area contributed by atoms with E-state index in [1.165, 1.54) is 6.42 Å². The number of imidazole rings is 1. The maximum atomic E-state index is 11.2. The second kappa shape index (κ2) is 4.66. The summed E-state index contributed by atoms with van der Waals surface area (Å²) in [7, 11) is 2.12. The van der Waals surface area contributed by atoms with Gasteiger partial charge in [-0.15, -0.1) is 0 Å². The maximum Gasteiger partial charge on any atom is 0.339 e. The predicted octanol–water partition coefficient (Wildman–Crippen LogP) is 1.84. The number of nitrogens with zero attached hydrogens (tertiary/aromatic N) is 3. The molecule has 1 aliphatic rings. The summed E-state index contributed by atoms with van der Waals surface area (Å²) < 4.78 is 1.81. The highest BCUT2D eigenvalue weighted by atomic mass is 16.4. The molecule has 0 saturated carbocycles. The van der Waals surface area contributed by atoms with Gasteiger partial charge in [0.1, 0.15) is 5.56 Å². The van der Waals surface area contributed by atoms with E-state index in [1.54, 1.807) is 12.1 Å². The lowest BCUT2D eigenvalue weighted by Crippen LogP contribution is -2.30. The van der Waals surface area contributed by atoms with E-state index in [9.17, 15) is 9.90 Å². The number of aromatic nitrogens is 2. The van der Waals surface area contributed by atoms with E-state index in [1.807, 2.05) is 16.8 Å². The molecule has 5 nitrogen and oxygen atoms in total. The van der Waals surface area contributed by atoms with E-state index >= 15 is 0 Å². The molecule has 3 heterocycles. The number of likely N-dealkylation sites (N-methyl/N-ethyl adjacent to an activating group) is 1. The van der Waals surface area contributed by atoms with Crippen LogP contribution in [0.2, 0.25) is 0 Å². The summed E-state index contributed by atoms with van der Waals surface area (Å²) in [6, 6.07) is 3.34. The first-order chi connectivity index (χ1) is 9.15. The molecule has 0 aliphatic carbocycles. The minimum absolute atomic E-state index is 0.262. The van der Waals surface area contributed by atoms with Crippen LogP contribution in [0.25, 0.3) is 5.65 Å². The molecule has 2 aromatic heterocycles. The number of piperidine rings is 1. The molecule has 3 rings (SSSR count). The average Bonchev–Trinajstić information content (AvgIpc) is 2.82. The Bertz CT molecular complexity index is 620. The lowest BCUT2D eigenvalue weighted by atomic mass is 9.96. The van der Waals surface area contributed by atoms with Gasteiger partial charge in [-0.25, -0.2) is 9.78 Å². The molecular weight excluding hydrogens is 242 g/mol. The Morgan fingerprint density at radius 1 is 1.53 bits per heavy atom. The Kier molecular flexibility index (Phi) is 2.98. The number of carbonyl (C=O) groups is 1. The van der Waals surface area contributed by atoms with Gasteiger partial charge in [0, 0.05) is 24.9 Å². The SMILES string of the molecule is CN1CCCC(c2cn3cccc(C(=O)O)c3n2)C1. The minimum atomic E-state index is -0.927. The molecule has 5 heteroatoms. The standard InChI is InChI=1S/C14H17N3O2/c1-16-6-2-4-10(8-16)12-9-17-7-3-5-11(14(18)19)13(17)15-12/h3,5,7,9-10H,2,4,6,8H2,1H3,(H,18,19). The van der Waals surface area contributed by atoms with E-state index in [2.05, 4.69) is 16.9 Å². The first-order valence-electron chi connectivity index (χ1n) is 6.54. The summed E-state index contributed by atoms with van der Waals surface area (Å²) in [4.78, 5) is 18.0. The molecule has 2 aromatic rings. The largest absolute Gasteiger partial charge is 0.478 e. The number of rotatable bonds is 2. The van der Waals surface area contributed by atoms with E-state index < -0.39 is 5.97 Å². The highest BCUT2D eigenvalue weighted by Crippen LogP contribution is 2.26. The Morgan fingerprint density at radius 3 is 3.11 bits per heavy atom. The van der Waals surface area contributed by atoms with Crippen molar-refractivity contribution >= 4 is 11.6 Å². The molecule has 100 valence electrons. The van der Waals surface area contributed by atoms with Crippen molar-refractivity contribution in [3.8, 4) is 0 Å². The summed E-state index contributed by atoms with van der Waals surface area (Å²) in [5.74, 6) is -0.524. The van der Waals surface area contributed by atoms with Gasteiger partial charge in [0.25, 0.3) is 0 Å². The van der Waals surface area contributed by atoms with Crippen molar-refractivity contribution in [3.05, 3.63) is 35.8 Å². The number of carboxylic acids is 1. The van der Waals surface area contributed by atoms with Crippen molar-refractivity contribution in [2.24, 2.45) is 0 Å². The highest BCUT2D eigenvalue weighted by Gasteiger charge is 2.22. The quantitative estimate of drug-likeness (QED) is 0.894. The number of likely N-dealkylation sites (tertiary alicyclic amines) is 1. The van der Waals surface area contributed by atoms with Crippen LogP contribution in [0.5, 0.6) is 0 Å². The van der Waals surface area contributed by atoms with Crippen molar-refractivity contribution in [2.75, 3.05) is 20.1 Å². The van der Waals surface area contributed by atoms with Gasteiger partial charge in [0.15, 0.2) is 5.65 Å². The third kappa shape index (κ3) is 2.21. The van der Waals surface area contributed by atoms with Crippen LogP contribution in [-0.2, 0) is 0 Å². The molecule has 0 radical (unpaired) electrons. The number of hydrogen-bond donors (Lipinski definition) is 1. The summed E-state index contributed by atoms with van der Waals surface area (Å²) in [6.07, 6.45) is 6.11. The smallest absolute Gasteiger partial charge is 0.339 e. The zero-order valence-electron chi connectivity index (χ0n) is 10.9. The summed E-state index contributed by atoms with van der Waals surface area (Å²) >= 11 is 0. The molecule has 0 spiro atoms. The van der Waals surface area contributed by atoms with Gasteiger partial charge in [-0.2, -0.15) is 0 Å². The molecule has 0 amide bonds. The zero-order valence-corrected chi connectivity index (χ0v) is 10.9. The van der Waals surface area contributed by atoms with Crippen LogP contribution in [0, 0.1) is 0 Å². The second-order valence-electron chi connectivity index (χ2n) is 5.23. The fourth-order valence-corrected chi connectivity index (χ4v) is 2.80. The van der Waals surface area contributed by atoms with Gasteiger partial charge in [-0.05, 0) is 38.6 Å². The van der Waals surface area contributed by atoms with Crippen molar-refractivity contribution in [3.63, 3.8) is 0 Å². The lowest BCUT2D eigenvalue weighted by molar-refractivity contribution is 0.0698. The van der Waals surface area contributed by atoms with Crippen LogP contribution in [0.15, 0.2) is 24.5 Å². The third-order valence-electron chi connectivity index (χ3n) is 3.77. The number of hydrogen-bond acceptors (Lipinski definition) is 3. The van der Waals surface area contributed by atoms with Crippen LogP contribution < -0.4 is 0 Å². The number of carboxylic acid groups (broad SMARTS) is 1. The topological polar surface area (TPSA) is 57.8 Å². The predicted molar refractivity (Wildman–Crippen MR) is 71.6 cm³/mol. The van der Waals surface area contributed by atoms with Crippen molar-refractivity contribution in [2.45, 2.75) is 18.8 Å². The molecule has 1 atom stereocenters. The van der Waals surface area contributed by atoms with Crippen LogP contribution in [0.4, 0.5) is 0 Å². The van der Waals surface area contributed by atoms with E-state index in [0.29, 0.717) is 11.6 Å². The van der Waals surface area contributed by atoms with Gasteiger partial charge >= 0.3 is 5.97 Å². The van der Waals surface area contributed by atoms with Gasteiger partial charge < -0.3 is 14.4 Å². The number of fused-ring (bicyclic) bond motifs is 1. The molecular formula is C14H17N3O2. The fraction of sp³-hybridized carbons (Fsp3) is 0.429. The van der Waals surface area contributed by atoms with Crippen LogP contribution in [-0.4, -0.2) is 45.5 Å². The maximum absolute atomic E-state index is 11.2. The van der Waals surface area contributed by atoms with Crippen LogP contribution in [0.3, 0.4) is 0 Å². The first-order valence-corrected chi connectivity index (χ1v) is 6.54. The molecule has 0 aromatic carbocycles. The fourth-order valence-electron chi connectivity index (χ4n) is 2.80. The van der Waals surface area contributed by atoms with Gasteiger partial charge in [-0.1, -0.05) is 0 Å². The third-order valence-corrected chi connectivity index (χ3v) is 3.77. The van der Waals surface area contributed by atoms with E-state index in [-0.39, 0.29) is 5.56 Å². The molecule has 1 fully saturated rings. The van der Waals surface area contributed by atoms with E-state index in [4.69, 9.17) is 0 Å². The molecule has 1 N–H and O–H groups in total. The number of aromatic carboxylic acids is 1. The van der Waals surface area contributed by atoms with Crippen molar-refractivity contribution in [1.82, 2.24) is 14.3 Å². The van der Waals surface area contributed by atoms with Gasteiger partial charge in [-0.3, -0.25) is 0 Å². The Balaban J connectivity index is 2.01. The van der Waals surface area contributed by atoms with Gasteiger partial charge in [0.2, 0.25) is 0 Å². The molecule has 1 unspecified atom stereocenters. The van der Waals surface area contributed by atoms with Crippen molar-refractivity contribution < 1.29 is 9.90 Å². The first kappa shape index (κ1) is 12.2. The summed E-state index contributed by atoms with van der Waals surface area (Å²) in [5.41, 5.74) is 1.80. The number of pyridine rings is 1. The average molecular weight is 259 g/mol. The minimum Gasteiger partial charge on any atom is -0.478 e. The van der Waals surface area contributed by atoms with Gasteiger partial charge in [0.05, 0.1) is 5.69 Å². The highest BCUT2D eigenvalue weighted by molar-refractivity contribution is 5.94. The Morgan fingerprint density at radius 2 is 2.37 bits per heavy atom. The molecule has 0 bridgehead atoms. The Labute approximate surface area is 111 Å². The lowest BCUT2D eigenvalue weighted by Gasteiger charge is -2.28. The van der Waals surface area contributed by atoms with Crippen LogP contribution in [0.1, 0.15) is 34.8 Å². The van der Waals surface area contributed by atoms with Crippen molar-refractivity contribution in [1.29, 1.82) is 0 Å². The molecule has 1 aliphatic heterocycles. The monoisotopic (exact) mass is 259 g/mol. The normalized spacial score (nSPS) is 20.8. The summed E-state index contributed by atoms with van der Waals surface area (Å²) in [5, 5.41) is 9.18. The zero-order chi connectivity index (χ0) is 13.4. The summed E-state index contributed by atoms with van der Waals surface area (Å²) in [6.45, 7) is 2.12. The van der Waals surface area contributed by atoms with E-state index in [0.717, 1.165) is 25.2 Å². The Hall–Kier alpha value is -1.88. The second-order valence-corrected chi connectivity index (χ2v) is 5.23. The molecule has 1 saturated heterocycles. The van der Waals surface area contributed by atoms with Crippen LogP contribution >= 0.6 is 0 Å². The molecule has 19 heavy (non-hydrogen) atoms.